The lowest BCUT2D eigenvalue weighted by molar-refractivity contribution is 0.0122. The molecule has 0 radical (unpaired) electrons. The van der Waals surface area contributed by atoms with Gasteiger partial charge in [-0.1, -0.05) is 6.92 Å². The lowest BCUT2D eigenvalue weighted by Crippen LogP contribution is -2.46. The van der Waals surface area contributed by atoms with Crippen LogP contribution in [0.15, 0.2) is 0 Å². The first-order valence-electron chi connectivity index (χ1n) is 4.75. The summed E-state index contributed by atoms with van der Waals surface area (Å²) in [6, 6.07) is 0. The van der Waals surface area contributed by atoms with Crippen LogP contribution >= 0.6 is 11.6 Å². The first kappa shape index (κ1) is 12.2. The summed E-state index contributed by atoms with van der Waals surface area (Å²) in [5.74, 6) is 0.556. The second kappa shape index (κ2) is 5.30. The SMILES string of the molecule is CCCS(=O)(=O)N1CCOC(CCl)C1. The zero-order valence-electron chi connectivity index (χ0n) is 8.28. The van der Waals surface area contributed by atoms with Gasteiger partial charge < -0.3 is 4.74 Å². The Balaban J connectivity index is 2.59. The van der Waals surface area contributed by atoms with Gasteiger partial charge in [0.15, 0.2) is 0 Å². The molecule has 1 aliphatic rings. The monoisotopic (exact) mass is 241 g/mol. The van der Waals surface area contributed by atoms with E-state index in [1.807, 2.05) is 6.92 Å². The molecule has 84 valence electrons. The Morgan fingerprint density at radius 1 is 1.57 bits per heavy atom. The van der Waals surface area contributed by atoms with E-state index in [1.165, 1.54) is 4.31 Å². The molecule has 14 heavy (non-hydrogen) atoms. The lowest BCUT2D eigenvalue weighted by atomic mass is 10.3. The van der Waals surface area contributed by atoms with Crippen molar-refractivity contribution >= 4 is 21.6 Å². The van der Waals surface area contributed by atoms with Gasteiger partial charge in [0, 0.05) is 19.0 Å². The van der Waals surface area contributed by atoms with Crippen LogP contribution in [0.4, 0.5) is 0 Å². The molecule has 1 aliphatic heterocycles. The molecule has 0 N–H and O–H groups in total. The molecular formula is C8H16ClNO3S. The maximum absolute atomic E-state index is 11.7. The van der Waals surface area contributed by atoms with E-state index in [0.717, 1.165) is 0 Å². The summed E-state index contributed by atoms with van der Waals surface area (Å²) in [4.78, 5) is 0. The van der Waals surface area contributed by atoms with Crippen LogP contribution in [0.5, 0.6) is 0 Å². The van der Waals surface area contributed by atoms with E-state index >= 15 is 0 Å². The Hall–Kier alpha value is 0.160. The first-order chi connectivity index (χ1) is 6.60. The van der Waals surface area contributed by atoms with E-state index in [4.69, 9.17) is 16.3 Å². The highest BCUT2D eigenvalue weighted by molar-refractivity contribution is 7.89. The molecule has 0 aromatic heterocycles. The number of alkyl halides is 1. The van der Waals surface area contributed by atoms with Gasteiger partial charge in [-0.05, 0) is 6.42 Å². The number of morpholine rings is 1. The minimum atomic E-state index is -3.08. The molecule has 4 nitrogen and oxygen atoms in total. The third kappa shape index (κ3) is 3.08. The molecule has 1 saturated heterocycles. The van der Waals surface area contributed by atoms with Gasteiger partial charge in [-0.3, -0.25) is 0 Å². The van der Waals surface area contributed by atoms with Gasteiger partial charge >= 0.3 is 0 Å². The number of nitrogens with zero attached hydrogens (tertiary/aromatic N) is 1. The largest absolute Gasteiger partial charge is 0.374 e. The van der Waals surface area contributed by atoms with Crippen LogP contribution in [0, 0.1) is 0 Å². The summed E-state index contributed by atoms with van der Waals surface area (Å²) in [5, 5.41) is 0. The van der Waals surface area contributed by atoms with Gasteiger partial charge in [0.05, 0.1) is 18.5 Å². The third-order valence-electron chi connectivity index (χ3n) is 2.13. The van der Waals surface area contributed by atoms with Crippen molar-refractivity contribution in [1.29, 1.82) is 0 Å². The Bertz CT molecular complexity index is 268. The van der Waals surface area contributed by atoms with Crippen LogP contribution in [-0.4, -0.2) is 50.2 Å². The maximum atomic E-state index is 11.7. The van der Waals surface area contributed by atoms with Gasteiger partial charge in [-0.2, -0.15) is 4.31 Å². The van der Waals surface area contributed by atoms with Crippen molar-refractivity contribution in [2.45, 2.75) is 19.4 Å². The van der Waals surface area contributed by atoms with Crippen molar-refractivity contribution in [1.82, 2.24) is 4.31 Å². The topological polar surface area (TPSA) is 46.6 Å². The van der Waals surface area contributed by atoms with E-state index in [-0.39, 0.29) is 11.9 Å². The fourth-order valence-corrected chi connectivity index (χ4v) is 3.13. The highest BCUT2D eigenvalue weighted by Gasteiger charge is 2.28. The van der Waals surface area contributed by atoms with Crippen LogP contribution < -0.4 is 0 Å². The fraction of sp³-hybridized carbons (Fsp3) is 1.00. The molecular weight excluding hydrogens is 226 g/mol. The molecule has 0 aliphatic carbocycles. The standard InChI is InChI=1S/C8H16ClNO3S/c1-2-5-14(11,12)10-3-4-13-8(6-9)7-10/h8H,2-7H2,1H3. The predicted molar refractivity (Wildman–Crippen MR) is 56.1 cm³/mol. The van der Waals surface area contributed by atoms with E-state index in [1.54, 1.807) is 0 Å². The Kier molecular flexibility index (Phi) is 4.63. The van der Waals surface area contributed by atoms with Crippen molar-refractivity contribution in [3.8, 4) is 0 Å². The van der Waals surface area contributed by atoms with Gasteiger partial charge in [-0.15, -0.1) is 11.6 Å². The molecule has 6 heteroatoms. The zero-order chi connectivity index (χ0) is 10.6. The minimum Gasteiger partial charge on any atom is -0.374 e. The van der Waals surface area contributed by atoms with Crippen molar-refractivity contribution in [2.24, 2.45) is 0 Å². The Labute approximate surface area is 90.2 Å². The Morgan fingerprint density at radius 2 is 2.29 bits per heavy atom. The quantitative estimate of drug-likeness (QED) is 0.680. The van der Waals surface area contributed by atoms with Crippen molar-refractivity contribution in [3.63, 3.8) is 0 Å². The van der Waals surface area contributed by atoms with Crippen LogP contribution in [0.1, 0.15) is 13.3 Å². The molecule has 1 fully saturated rings. The summed E-state index contributed by atoms with van der Waals surface area (Å²) < 4.78 is 30.1. The molecule has 0 aromatic carbocycles. The number of halogens is 1. The zero-order valence-corrected chi connectivity index (χ0v) is 9.85. The van der Waals surface area contributed by atoms with Crippen LogP contribution in [-0.2, 0) is 14.8 Å². The second-order valence-corrected chi connectivity index (χ2v) is 5.72. The maximum Gasteiger partial charge on any atom is 0.214 e. The summed E-state index contributed by atoms with van der Waals surface area (Å²) in [6.07, 6.45) is 0.489. The highest BCUT2D eigenvalue weighted by Crippen LogP contribution is 2.12. The van der Waals surface area contributed by atoms with E-state index in [2.05, 4.69) is 0 Å². The van der Waals surface area contributed by atoms with E-state index in [0.29, 0.717) is 32.0 Å². The lowest BCUT2D eigenvalue weighted by Gasteiger charge is -2.31. The van der Waals surface area contributed by atoms with Gasteiger partial charge in [0.1, 0.15) is 0 Å². The molecule has 0 aromatic rings. The molecule has 0 spiro atoms. The molecule has 1 atom stereocenters. The molecule has 1 rings (SSSR count). The van der Waals surface area contributed by atoms with Gasteiger partial charge in [0.25, 0.3) is 0 Å². The third-order valence-corrected chi connectivity index (χ3v) is 4.52. The summed E-state index contributed by atoms with van der Waals surface area (Å²) >= 11 is 5.63. The van der Waals surface area contributed by atoms with Crippen LogP contribution in [0.25, 0.3) is 0 Å². The average Bonchev–Trinajstić information content (AvgIpc) is 2.18. The molecule has 1 heterocycles. The normalized spacial score (nSPS) is 25.1. The summed E-state index contributed by atoms with van der Waals surface area (Å²) in [7, 11) is -3.08. The summed E-state index contributed by atoms with van der Waals surface area (Å²) in [6.45, 7) is 3.15. The van der Waals surface area contributed by atoms with Crippen LogP contribution in [0.2, 0.25) is 0 Å². The average molecular weight is 242 g/mol. The number of sulfonamides is 1. The van der Waals surface area contributed by atoms with Crippen molar-refractivity contribution < 1.29 is 13.2 Å². The number of ether oxygens (including phenoxy) is 1. The van der Waals surface area contributed by atoms with Gasteiger partial charge in [-0.25, -0.2) is 8.42 Å². The van der Waals surface area contributed by atoms with Gasteiger partial charge in [0.2, 0.25) is 10.0 Å². The number of rotatable bonds is 4. The first-order valence-corrected chi connectivity index (χ1v) is 6.90. The molecule has 0 bridgehead atoms. The summed E-state index contributed by atoms with van der Waals surface area (Å²) in [5.41, 5.74) is 0. The highest BCUT2D eigenvalue weighted by atomic mass is 35.5. The number of hydrogen-bond acceptors (Lipinski definition) is 3. The van der Waals surface area contributed by atoms with Crippen LogP contribution in [0.3, 0.4) is 0 Å². The number of hydrogen-bond donors (Lipinski definition) is 0. The van der Waals surface area contributed by atoms with Crippen molar-refractivity contribution in [2.75, 3.05) is 31.3 Å². The van der Waals surface area contributed by atoms with Crippen molar-refractivity contribution in [3.05, 3.63) is 0 Å². The Morgan fingerprint density at radius 3 is 2.86 bits per heavy atom. The smallest absolute Gasteiger partial charge is 0.214 e. The van der Waals surface area contributed by atoms with E-state index in [9.17, 15) is 8.42 Å². The minimum absolute atomic E-state index is 0.156. The predicted octanol–water partition coefficient (Wildman–Crippen LogP) is 0.666. The molecule has 0 saturated carbocycles. The van der Waals surface area contributed by atoms with E-state index < -0.39 is 10.0 Å². The molecule has 0 amide bonds. The second-order valence-electron chi connectivity index (χ2n) is 3.32. The molecule has 1 unspecified atom stereocenters. The fourth-order valence-electron chi connectivity index (χ4n) is 1.43.